The standard InChI is InChI=1S/C13H15BrFN/c14-13-6-3-11(15)8-10(13)7-9-1-4-12(16)5-2-9/h1,3,6,8,12H,2,4-5,7,16H2. The van der Waals surface area contributed by atoms with Gasteiger partial charge >= 0.3 is 0 Å². The first-order valence-corrected chi connectivity index (χ1v) is 6.32. The summed E-state index contributed by atoms with van der Waals surface area (Å²) >= 11 is 3.45. The molecule has 1 aromatic rings. The largest absolute Gasteiger partial charge is 0.327 e. The van der Waals surface area contributed by atoms with Gasteiger partial charge in [0.25, 0.3) is 0 Å². The van der Waals surface area contributed by atoms with Crippen LogP contribution in [0.15, 0.2) is 34.3 Å². The average molecular weight is 284 g/mol. The monoisotopic (exact) mass is 283 g/mol. The molecule has 0 saturated carbocycles. The molecule has 0 aliphatic heterocycles. The molecular weight excluding hydrogens is 269 g/mol. The Morgan fingerprint density at radius 2 is 2.25 bits per heavy atom. The van der Waals surface area contributed by atoms with Crippen LogP contribution in [0.1, 0.15) is 24.8 Å². The summed E-state index contributed by atoms with van der Waals surface area (Å²) in [4.78, 5) is 0. The van der Waals surface area contributed by atoms with Crippen LogP contribution in [0.4, 0.5) is 4.39 Å². The van der Waals surface area contributed by atoms with Crippen LogP contribution in [0.3, 0.4) is 0 Å². The summed E-state index contributed by atoms with van der Waals surface area (Å²) in [6, 6.07) is 5.14. The summed E-state index contributed by atoms with van der Waals surface area (Å²) in [7, 11) is 0. The van der Waals surface area contributed by atoms with Gasteiger partial charge in [0.15, 0.2) is 0 Å². The Hall–Kier alpha value is -0.670. The number of halogens is 2. The molecule has 0 bridgehead atoms. The Labute approximate surface area is 104 Å². The van der Waals surface area contributed by atoms with E-state index in [1.807, 2.05) is 0 Å². The highest BCUT2D eigenvalue weighted by atomic mass is 79.9. The predicted molar refractivity (Wildman–Crippen MR) is 67.7 cm³/mol. The summed E-state index contributed by atoms with van der Waals surface area (Å²) in [5.41, 5.74) is 8.21. The molecule has 1 aromatic carbocycles. The third-order valence-electron chi connectivity index (χ3n) is 2.97. The number of hydrogen-bond donors (Lipinski definition) is 1. The molecule has 0 fully saturated rings. The summed E-state index contributed by atoms with van der Waals surface area (Å²) in [6.07, 6.45) is 6.04. The van der Waals surface area contributed by atoms with E-state index in [0.717, 1.165) is 35.7 Å². The molecule has 3 heteroatoms. The number of benzene rings is 1. The minimum atomic E-state index is -0.175. The molecule has 1 aliphatic carbocycles. The van der Waals surface area contributed by atoms with Gasteiger partial charge in [-0.15, -0.1) is 0 Å². The number of rotatable bonds is 2. The van der Waals surface area contributed by atoms with Crippen molar-refractivity contribution in [2.75, 3.05) is 0 Å². The molecule has 2 N–H and O–H groups in total. The van der Waals surface area contributed by atoms with Crippen molar-refractivity contribution in [1.82, 2.24) is 0 Å². The van der Waals surface area contributed by atoms with E-state index in [4.69, 9.17) is 5.73 Å². The highest BCUT2D eigenvalue weighted by molar-refractivity contribution is 9.10. The molecule has 0 amide bonds. The Bertz CT molecular complexity index is 414. The zero-order valence-electron chi connectivity index (χ0n) is 9.05. The molecule has 1 atom stereocenters. The lowest BCUT2D eigenvalue weighted by Crippen LogP contribution is -2.22. The van der Waals surface area contributed by atoms with E-state index in [2.05, 4.69) is 22.0 Å². The molecule has 1 unspecified atom stereocenters. The average Bonchev–Trinajstić information content (AvgIpc) is 2.27. The van der Waals surface area contributed by atoms with Crippen LogP contribution < -0.4 is 5.73 Å². The number of hydrogen-bond acceptors (Lipinski definition) is 1. The van der Waals surface area contributed by atoms with Gasteiger partial charge in [0.2, 0.25) is 0 Å². The minimum absolute atomic E-state index is 0.175. The van der Waals surface area contributed by atoms with Crippen LogP contribution in [0.2, 0.25) is 0 Å². The molecule has 0 saturated heterocycles. The molecule has 2 rings (SSSR count). The fraction of sp³-hybridized carbons (Fsp3) is 0.385. The molecule has 0 aromatic heterocycles. The SMILES string of the molecule is NC1CC=C(Cc2cc(F)ccc2Br)CC1. The Kier molecular flexibility index (Phi) is 3.77. The van der Waals surface area contributed by atoms with Crippen molar-refractivity contribution < 1.29 is 4.39 Å². The molecular formula is C13H15BrFN. The third-order valence-corrected chi connectivity index (χ3v) is 3.74. The van der Waals surface area contributed by atoms with E-state index in [9.17, 15) is 4.39 Å². The third kappa shape index (κ3) is 2.92. The number of nitrogens with two attached hydrogens (primary N) is 1. The maximum absolute atomic E-state index is 13.1. The molecule has 1 aliphatic rings. The minimum Gasteiger partial charge on any atom is -0.327 e. The van der Waals surface area contributed by atoms with Crippen LogP contribution in [-0.4, -0.2) is 6.04 Å². The van der Waals surface area contributed by atoms with Crippen molar-refractivity contribution in [3.63, 3.8) is 0 Å². The first-order chi connectivity index (χ1) is 7.65. The zero-order chi connectivity index (χ0) is 11.5. The highest BCUT2D eigenvalue weighted by Gasteiger charge is 2.12. The summed E-state index contributed by atoms with van der Waals surface area (Å²) < 4.78 is 14.1. The van der Waals surface area contributed by atoms with Crippen LogP contribution in [0, 0.1) is 5.82 Å². The summed E-state index contributed by atoms with van der Waals surface area (Å²) in [6.45, 7) is 0. The van der Waals surface area contributed by atoms with Gasteiger partial charge in [-0.2, -0.15) is 0 Å². The van der Waals surface area contributed by atoms with E-state index in [1.165, 1.54) is 11.6 Å². The van der Waals surface area contributed by atoms with E-state index in [-0.39, 0.29) is 5.82 Å². The second-order valence-electron chi connectivity index (χ2n) is 4.31. The number of allylic oxidation sites excluding steroid dienone is 1. The molecule has 0 spiro atoms. The van der Waals surface area contributed by atoms with Crippen molar-refractivity contribution in [1.29, 1.82) is 0 Å². The second-order valence-corrected chi connectivity index (χ2v) is 5.16. The van der Waals surface area contributed by atoms with Gasteiger partial charge in [0.1, 0.15) is 5.82 Å². The van der Waals surface area contributed by atoms with Crippen LogP contribution in [0.25, 0.3) is 0 Å². The fourth-order valence-electron chi connectivity index (χ4n) is 1.99. The first kappa shape index (κ1) is 11.8. The van der Waals surface area contributed by atoms with Crippen molar-refractivity contribution in [3.8, 4) is 0 Å². The van der Waals surface area contributed by atoms with Gasteiger partial charge in [-0.1, -0.05) is 27.6 Å². The Balaban J connectivity index is 2.12. The molecule has 86 valence electrons. The normalized spacial score (nSPS) is 20.7. The predicted octanol–water partition coefficient (Wildman–Crippen LogP) is 3.57. The highest BCUT2D eigenvalue weighted by Crippen LogP contribution is 2.25. The van der Waals surface area contributed by atoms with E-state index >= 15 is 0 Å². The van der Waals surface area contributed by atoms with E-state index < -0.39 is 0 Å². The quantitative estimate of drug-likeness (QED) is 0.825. The lowest BCUT2D eigenvalue weighted by Gasteiger charge is -2.18. The molecule has 16 heavy (non-hydrogen) atoms. The maximum Gasteiger partial charge on any atom is 0.123 e. The maximum atomic E-state index is 13.1. The van der Waals surface area contributed by atoms with Gasteiger partial charge in [-0.3, -0.25) is 0 Å². The molecule has 0 radical (unpaired) electrons. The summed E-state index contributed by atoms with van der Waals surface area (Å²) in [5.74, 6) is -0.175. The van der Waals surface area contributed by atoms with Crippen molar-refractivity contribution in [3.05, 3.63) is 45.7 Å². The van der Waals surface area contributed by atoms with Crippen molar-refractivity contribution >= 4 is 15.9 Å². The smallest absolute Gasteiger partial charge is 0.123 e. The van der Waals surface area contributed by atoms with Gasteiger partial charge < -0.3 is 5.73 Å². The van der Waals surface area contributed by atoms with Gasteiger partial charge in [-0.25, -0.2) is 4.39 Å². The summed E-state index contributed by atoms with van der Waals surface area (Å²) in [5, 5.41) is 0. The second kappa shape index (κ2) is 5.11. The van der Waals surface area contributed by atoms with Gasteiger partial charge in [0.05, 0.1) is 0 Å². The lowest BCUT2D eigenvalue weighted by molar-refractivity contribution is 0.582. The first-order valence-electron chi connectivity index (χ1n) is 5.52. The Morgan fingerprint density at radius 3 is 2.94 bits per heavy atom. The zero-order valence-corrected chi connectivity index (χ0v) is 10.6. The van der Waals surface area contributed by atoms with Gasteiger partial charge in [-0.05, 0) is 49.4 Å². The van der Waals surface area contributed by atoms with E-state index in [1.54, 1.807) is 12.1 Å². The van der Waals surface area contributed by atoms with E-state index in [0.29, 0.717) is 6.04 Å². The molecule has 0 heterocycles. The lowest BCUT2D eigenvalue weighted by atomic mass is 9.92. The van der Waals surface area contributed by atoms with Crippen LogP contribution in [0.5, 0.6) is 0 Å². The van der Waals surface area contributed by atoms with Crippen molar-refractivity contribution in [2.45, 2.75) is 31.7 Å². The molecule has 1 nitrogen and oxygen atoms in total. The van der Waals surface area contributed by atoms with Crippen LogP contribution >= 0.6 is 15.9 Å². The van der Waals surface area contributed by atoms with Crippen LogP contribution in [-0.2, 0) is 6.42 Å². The Morgan fingerprint density at radius 1 is 1.44 bits per heavy atom. The topological polar surface area (TPSA) is 26.0 Å². The van der Waals surface area contributed by atoms with Gasteiger partial charge in [0, 0.05) is 10.5 Å². The fourth-order valence-corrected chi connectivity index (χ4v) is 2.38. The van der Waals surface area contributed by atoms with Crippen molar-refractivity contribution in [2.24, 2.45) is 5.73 Å².